The van der Waals surface area contributed by atoms with Gasteiger partial charge in [0.05, 0.1) is 48.7 Å². The summed E-state index contributed by atoms with van der Waals surface area (Å²) in [6, 6.07) is 6.31. The Balaban J connectivity index is 1.47. The number of nitrogens with one attached hydrogen (secondary N) is 3. The molecule has 0 bridgehead atoms. The van der Waals surface area contributed by atoms with Crippen molar-refractivity contribution in [3.63, 3.8) is 0 Å². The fourth-order valence-electron chi connectivity index (χ4n) is 7.70. The highest BCUT2D eigenvalue weighted by Crippen LogP contribution is 2.33. The van der Waals surface area contributed by atoms with Crippen LogP contribution in [-0.2, 0) is 0 Å². The Bertz CT molecular complexity index is 1700. The lowest BCUT2D eigenvalue weighted by molar-refractivity contribution is 0.0885. The average molecular weight is 865 g/mol. The Kier molecular flexibility index (Phi) is 21.8. The standard InChI is InChI=1S/C48H76N6O8/c1-32(2)19-25-61-44-30-45(62-26-20-33(3)4)41(28-40(44)47(57)52-36-13-11-35(51)12-14-36)48(58)54-38-17-15-37(16-18-38)53-46(56)39-27-34(31-55)42(59-23-9-5-7-21-49)29-43(39)60-24-10-6-8-22-50/h27-33,35-38H,5-26,49-51H2,1-4H3,(H,52,57)(H,53,56)(H,54,58). The minimum absolute atomic E-state index is 0.00610. The number of benzene rings is 2. The molecule has 0 unspecified atom stereocenters. The van der Waals surface area contributed by atoms with E-state index >= 15 is 0 Å². The molecule has 62 heavy (non-hydrogen) atoms. The van der Waals surface area contributed by atoms with Gasteiger partial charge in [-0.15, -0.1) is 0 Å². The number of unbranched alkanes of at least 4 members (excludes halogenated alkanes) is 4. The van der Waals surface area contributed by atoms with Crippen molar-refractivity contribution in [1.29, 1.82) is 0 Å². The van der Waals surface area contributed by atoms with Gasteiger partial charge in [-0.3, -0.25) is 19.2 Å². The van der Waals surface area contributed by atoms with E-state index < -0.39 is 0 Å². The van der Waals surface area contributed by atoms with Gasteiger partial charge in [-0.2, -0.15) is 0 Å². The number of aldehydes is 1. The normalized spacial score (nSPS) is 18.9. The van der Waals surface area contributed by atoms with E-state index in [4.69, 9.17) is 36.1 Å². The first-order chi connectivity index (χ1) is 29.9. The van der Waals surface area contributed by atoms with E-state index in [0.29, 0.717) is 112 Å². The summed E-state index contributed by atoms with van der Waals surface area (Å²) < 4.78 is 24.6. The molecule has 346 valence electrons. The maximum atomic E-state index is 14.2. The highest BCUT2D eigenvalue weighted by Gasteiger charge is 2.29. The van der Waals surface area contributed by atoms with Crippen molar-refractivity contribution in [3.8, 4) is 23.0 Å². The number of ether oxygens (including phenoxy) is 4. The lowest BCUT2D eigenvalue weighted by atomic mass is 9.90. The van der Waals surface area contributed by atoms with Crippen LogP contribution in [0.4, 0.5) is 0 Å². The quantitative estimate of drug-likeness (QED) is 0.0404. The van der Waals surface area contributed by atoms with Gasteiger partial charge in [0, 0.05) is 36.3 Å². The molecule has 2 fully saturated rings. The average Bonchev–Trinajstić information content (AvgIpc) is 3.24. The number of hydrogen-bond donors (Lipinski definition) is 6. The zero-order valence-electron chi connectivity index (χ0n) is 37.9. The Morgan fingerprint density at radius 1 is 0.548 bits per heavy atom. The molecule has 0 aliphatic heterocycles. The van der Waals surface area contributed by atoms with Crippen molar-refractivity contribution in [2.24, 2.45) is 29.0 Å². The summed E-state index contributed by atoms with van der Waals surface area (Å²) in [5, 5.41) is 9.53. The Morgan fingerprint density at radius 3 is 1.32 bits per heavy atom. The number of rotatable bonds is 27. The van der Waals surface area contributed by atoms with Crippen molar-refractivity contribution in [1.82, 2.24) is 16.0 Å². The van der Waals surface area contributed by atoms with Crippen LogP contribution in [0.3, 0.4) is 0 Å². The molecule has 0 atom stereocenters. The number of carbonyl (C=O) groups excluding carboxylic acids is 4. The van der Waals surface area contributed by atoms with E-state index in [2.05, 4.69) is 43.6 Å². The van der Waals surface area contributed by atoms with Gasteiger partial charge < -0.3 is 52.1 Å². The van der Waals surface area contributed by atoms with E-state index in [0.717, 1.165) is 77.0 Å². The van der Waals surface area contributed by atoms with Gasteiger partial charge in [0.1, 0.15) is 23.0 Å². The number of nitrogens with two attached hydrogens (primary N) is 3. The Labute approximate surface area is 369 Å². The first kappa shape index (κ1) is 50.2. The third-order valence-corrected chi connectivity index (χ3v) is 11.7. The fraction of sp³-hybridized carbons (Fsp3) is 0.667. The fourth-order valence-corrected chi connectivity index (χ4v) is 7.70. The molecule has 0 saturated heterocycles. The van der Waals surface area contributed by atoms with Crippen LogP contribution in [0.1, 0.15) is 172 Å². The zero-order chi connectivity index (χ0) is 44.9. The van der Waals surface area contributed by atoms with Crippen LogP contribution in [0.2, 0.25) is 0 Å². The van der Waals surface area contributed by atoms with Gasteiger partial charge in [-0.25, -0.2) is 0 Å². The van der Waals surface area contributed by atoms with E-state index in [1.807, 2.05) is 0 Å². The van der Waals surface area contributed by atoms with E-state index in [1.165, 1.54) is 0 Å². The minimum atomic E-state index is -0.340. The van der Waals surface area contributed by atoms with Crippen LogP contribution >= 0.6 is 0 Å². The first-order valence-corrected chi connectivity index (χ1v) is 23.3. The Morgan fingerprint density at radius 2 is 0.919 bits per heavy atom. The van der Waals surface area contributed by atoms with Crippen LogP contribution in [-0.4, -0.2) is 87.7 Å². The van der Waals surface area contributed by atoms with E-state index in [1.54, 1.807) is 24.3 Å². The smallest absolute Gasteiger partial charge is 0.255 e. The molecule has 2 aromatic rings. The number of amides is 3. The van der Waals surface area contributed by atoms with Crippen molar-refractivity contribution in [2.45, 2.75) is 155 Å². The molecule has 9 N–H and O–H groups in total. The summed E-state index contributed by atoms with van der Waals surface area (Å²) in [4.78, 5) is 54.1. The van der Waals surface area contributed by atoms with Crippen molar-refractivity contribution in [2.75, 3.05) is 39.5 Å². The van der Waals surface area contributed by atoms with Crippen LogP contribution < -0.4 is 52.1 Å². The lowest BCUT2D eigenvalue weighted by Crippen LogP contribution is -2.44. The summed E-state index contributed by atoms with van der Waals surface area (Å²) in [5.74, 6) is 1.34. The van der Waals surface area contributed by atoms with Crippen molar-refractivity contribution in [3.05, 3.63) is 46.5 Å². The second-order valence-electron chi connectivity index (χ2n) is 17.9. The molecule has 4 rings (SSSR count). The number of hydrogen-bond acceptors (Lipinski definition) is 11. The van der Waals surface area contributed by atoms with E-state index in [9.17, 15) is 19.2 Å². The molecule has 2 saturated carbocycles. The highest BCUT2D eigenvalue weighted by atomic mass is 16.5. The van der Waals surface area contributed by atoms with Crippen LogP contribution in [0.15, 0.2) is 24.3 Å². The van der Waals surface area contributed by atoms with Crippen molar-refractivity contribution >= 4 is 24.0 Å². The van der Waals surface area contributed by atoms with E-state index in [-0.39, 0.29) is 58.6 Å². The second kappa shape index (κ2) is 26.9. The molecule has 2 aliphatic carbocycles. The summed E-state index contributed by atoms with van der Waals surface area (Å²) in [6.45, 7) is 11.3. The van der Waals surface area contributed by atoms with Crippen LogP contribution in [0.5, 0.6) is 23.0 Å². The molecule has 14 heteroatoms. The molecule has 0 radical (unpaired) electrons. The van der Waals surface area contributed by atoms with Gasteiger partial charge in [-0.05, 0) is 140 Å². The second-order valence-corrected chi connectivity index (χ2v) is 17.9. The maximum Gasteiger partial charge on any atom is 0.255 e. The van der Waals surface area contributed by atoms with Crippen LogP contribution in [0.25, 0.3) is 0 Å². The topological polar surface area (TPSA) is 219 Å². The largest absolute Gasteiger partial charge is 0.493 e. The third kappa shape index (κ3) is 16.7. The summed E-state index contributed by atoms with van der Waals surface area (Å²) >= 11 is 0. The molecule has 2 aromatic carbocycles. The molecule has 2 aliphatic rings. The van der Waals surface area contributed by atoms with Gasteiger partial charge in [-0.1, -0.05) is 27.7 Å². The lowest BCUT2D eigenvalue weighted by Gasteiger charge is -2.30. The number of carbonyl (C=O) groups is 4. The minimum Gasteiger partial charge on any atom is -0.493 e. The van der Waals surface area contributed by atoms with Gasteiger partial charge >= 0.3 is 0 Å². The van der Waals surface area contributed by atoms with Gasteiger partial charge in [0.15, 0.2) is 6.29 Å². The molecule has 3 amide bonds. The monoisotopic (exact) mass is 865 g/mol. The molecule has 0 aromatic heterocycles. The van der Waals surface area contributed by atoms with Crippen LogP contribution in [0, 0.1) is 11.8 Å². The Hall–Kier alpha value is -4.40. The summed E-state index contributed by atoms with van der Waals surface area (Å²) in [5.41, 5.74) is 18.5. The van der Waals surface area contributed by atoms with Crippen molar-refractivity contribution < 1.29 is 38.1 Å². The summed E-state index contributed by atoms with van der Waals surface area (Å²) in [6.07, 6.45) is 13.2. The first-order valence-electron chi connectivity index (χ1n) is 23.3. The molecular formula is C48H76N6O8. The summed E-state index contributed by atoms with van der Waals surface area (Å²) in [7, 11) is 0. The SMILES string of the molecule is CC(C)CCOc1cc(OCCC(C)C)c(C(=O)NC2CCC(NC(=O)c3cc(C=O)c(OCCCCCN)cc3OCCCCCN)CC2)cc1C(=O)NC1CCC(N)CC1. The predicted molar refractivity (Wildman–Crippen MR) is 244 cm³/mol. The molecule has 0 heterocycles. The molecule has 14 nitrogen and oxygen atoms in total. The third-order valence-electron chi connectivity index (χ3n) is 11.7. The predicted octanol–water partition coefficient (Wildman–Crippen LogP) is 6.84. The highest BCUT2D eigenvalue weighted by molar-refractivity contribution is 6.03. The molecule has 0 spiro atoms. The maximum absolute atomic E-state index is 14.2. The molecular weight excluding hydrogens is 789 g/mol. The van der Waals surface area contributed by atoms with Gasteiger partial charge in [0.2, 0.25) is 0 Å². The zero-order valence-corrected chi connectivity index (χ0v) is 37.9. The van der Waals surface area contributed by atoms with Gasteiger partial charge in [0.25, 0.3) is 17.7 Å².